The van der Waals surface area contributed by atoms with Crippen molar-refractivity contribution in [3.63, 3.8) is 0 Å². The third-order valence-corrected chi connectivity index (χ3v) is 2.71. The quantitative estimate of drug-likeness (QED) is 0.858. The van der Waals surface area contributed by atoms with Crippen molar-refractivity contribution in [3.8, 4) is 0 Å². The molecule has 0 fully saturated rings. The van der Waals surface area contributed by atoms with E-state index in [2.05, 4.69) is 22.3 Å². The number of pyridine rings is 1. The minimum absolute atomic E-state index is 0.784. The second-order valence-electron chi connectivity index (χ2n) is 4.04. The van der Waals surface area contributed by atoms with Crippen molar-refractivity contribution >= 4 is 5.69 Å². The van der Waals surface area contributed by atoms with E-state index in [0.717, 1.165) is 30.9 Å². The highest BCUT2D eigenvalue weighted by Gasteiger charge is 2.02. The third kappa shape index (κ3) is 2.84. The summed E-state index contributed by atoms with van der Waals surface area (Å²) >= 11 is 0. The molecule has 2 rings (SSSR count). The molecule has 0 atom stereocenters. The van der Waals surface area contributed by atoms with E-state index < -0.39 is 0 Å². The van der Waals surface area contributed by atoms with Crippen LogP contribution >= 0.6 is 0 Å². The molecule has 0 aliphatic carbocycles. The molecule has 0 bridgehead atoms. The van der Waals surface area contributed by atoms with E-state index in [1.165, 1.54) is 5.69 Å². The Labute approximate surface area is 102 Å². The first kappa shape index (κ1) is 11.6. The standard InChI is InChI=1S/C13H18N4/c1-3-9-17-12(6-8-16-17)10-15-13-5-4-7-14-11(13)2/h4-8,15H,3,9-10H2,1-2H3. The van der Waals surface area contributed by atoms with Gasteiger partial charge in [-0.2, -0.15) is 5.10 Å². The van der Waals surface area contributed by atoms with Gasteiger partial charge in [0.2, 0.25) is 0 Å². The van der Waals surface area contributed by atoms with Crippen LogP contribution in [0, 0.1) is 6.92 Å². The third-order valence-electron chi connectivity index (χ3n) is 2.71. The number of rotatable bonds is 5. The molecule has 0 saturated carbocycles. The molecule has 4 nitrogen and oxygen atoms in total. The van der Waals surface area contributed by atoms with Crippen LogP contribution in [0.4, 0.5) is 5.69 Å². The van der Waals surface area contributed by atoms with E-state index >= 15 is 0 Å². The summed E-state index contributed by atoms with van der Waals surface area (Å²) in [5, 5.41) is 7.69. The average molecular weight is 230 g/mol. The Balaban J connectivity index is 2.02. The molecule has 17 heavy (non-hydrogen) atoms. The van der Waals surface area contributed by atoms with Crippen LogP contribution in [-0.4, -0.2) is 14.8 Å². The number of nitrogens with zero attached hydrogens (tertiary/aromatic N) is 3. The predicted octanol–water partition coefficient (Wildman–Crippen LogP) is 2.61. The van der Waals surface area contributed by atoms with E-state index in [1.54, 1.807) is 0 Å². The molecule has 0 spiro atoms. The van der Waals surface area contributed by atoms with Crippen molar-refractivity contribution in [2.45, 2.75) is 33.4 Å². The van der Waals surface area contributed by atoms with Crippen LogP contribution in [0.15, 0.2) is 30.6 Å². The molecule has 0 aliphatic rings. The van der Waals surface area contributed by atoms with Gasteiger partial charge < -0.3 is 5.32 Å². The summed E-state index contributed by atoms with van der Waals surface area (Å²) in [6.45, 7) is 5.92. The molecule has 2 aromatic rings. The Bertz CT molecular complexity index is 476. The van der Waals surface area contributed by atoms with Crippen LogP contribution < -0.4 is 5.32 Å². The fraction of sp³-hybridized carbons (Fsp3) is 0.385. The Kier molecular flexibility index (Phi) is 3.75. The van der Waals surface area contributed by atoms with Crippen LogP contribution in [0.1, 0.15) is 24.7 Å². The first-order valence-electron chi connectivity index (χ1n) is 5.97. The lowest BCUT2D eigenvalue weighted by Gasteiger charge is -2.10. The highest BCUT2D eigenvalue weighted by molar-refractivity contribution is 5.46. The van der Waals surface area contributed by atoms with Crippen molar-refractivity contribution in [2.24, 2.45) is 0 Å². The van der Waals surface area contributed by atoms with Crippen LogP contribution in [0.5, 0.6) is 0 Å². The Morgan fingerprint density at radius 3 is 2.94 bits per heavy atom. The molecule has 1 N–H and O–H groups in total. The SMILES string of the molecule is CCCn1nccc1CNc1cccnc1C. The minimum Gasteiger partial charge on any atom is -0.378 e. The second-order valence-corrected chi connectivity index (χ2v) is 4.04. The molecular formula is C13H18N4. The zero-order valence-electron chi connectivity index (χ0n) is 10.3. The molecule has 2 aromatic heterocycles. The minimum atomic E-state index is 0.784. The van der Waals surface area contributed by atoms with Gasteiger partial charge in [0.1, 0.15) is 0 Å². The van der Waals surface area contributed by atoms with Gasteiger partial charge in [0.15, 0.2) is 0 Å². The molecule has 0 unspecified atom stereocenters. The molecule has 0 aliphatic heterocycles. The van der Waals surface area contributed by atoms with E-state index in [1.807, 2.05) is 42.2 Å². The normalized spacial score (nSPS) is 10.5. The van der Waals surface area contributed by atoms with Crippen molar-refractivity contribution in [1.82, 2.24) is 14.8 Å². The molecule has 0 aromatic carbocycles. The number of anilines is 1. The number of aromatic nitrogens is 3. The monoisotopic (exact) mass is 230 g/mol. The number of nitrogens with one attached hydrogen (secondary N) is 1. The molecule has 0 saturated heterocycles. The van der Waals surface area contributed by atoms with Crippen molar-refractivity contribution in [3.05, 3.63) is 42.0 Å². The summed E-state index contributed by atoms with van der Waals surface area (Å²) in [5.74, 6) is 0. The van der Waals surface area contributed by atoms with E-state index in [9.17, 15) is 0 Å². The van der Waals surface area contributed by atoms with Gasteiger partial charge in [-0.25, -0.2) is 0 Å². The van der Waals surface area contributed by atoms with Gasteiger partial charge in [-0.05, 0) is 31.5 Å². The summed E-state index contributed by atoms with van der Waals surface area (Å²) in [6.07, 6.45) is 4.76. The predicted molar refractivity (Wildman–Crippen MR) is 68.8 cm³/mol. The number of aryl methyl sites for hydroxylation is 2. The smallest absolute Gasteiger partial charge is 0.0603 e. The topological polar surface area (TPSA) is 42.7 Å². The highest BCUT2D eigenvalue weighted by Crippen LogP contribution is 2.12. The van der Waals surface area contributed by atoms with Gasteiger partial charge >= 0.3 is 0 Å². The first-order chi connectivity index (χ1) is 8.31. The molecule has 90 valence electrons. The van der Waals surface area contributed by atoms with Crippen molar-refractivity contribution in [1.29, 1.82) is 0 Å². The van der Waals surface area contributed by atoms with Gasteiger partial charge in [-0.1, -0.05) is 6.92 Å². The average Bonchev–Trinajstić information content (AvgIpc) is 2.76. The lowest BCUT2D eigenvalue weighted by molar-refractivity contribution is 0.578. The highest BCUT2D eigenvalue weighted by atomic mass is 15.3. The summed E-state index contributed by atoms with van der Waals surface area (Å²) in [7, 11) is 0. The van der Waals surface area contributed by atoms with Gasteiger partial charge in [-0.15, -0.1) is 0 Å². The Hall–Kier alpha value is -1.84. The molecule has 0 amide bonds. The van der Waals surface area contributed by atoms with Gasteiger partial charge in [0.25, 0.3) is 0 Å². The maximum Gasteiger partial charge on any atom is 0.0603 e. The summed E-state index contributed by atoms with van der Waals surface area (Å²) in [5.41, 5.74) is 3.31. The van der Waals surface area contributed by atoms with Gasteiger partial charge in [0.05, 0.1) is 23.6 Å². The zero-order chi connectivity index (χ0) is 12.1. The van der Waals surface area contributed by atoms with Crippen LogP contribution in [0.3, 0.4) is 0 Å². The summed E-state index contributed by atoms with van der Waals surface area (Å²) in [6, 6.07) is 6.04. The lowest BCUT2D eigenvalue weighted by atomic mass is 10.3. The molecular weight excluding hydrogens is 212 g/mol. The Morgan fingerprint density at radius 1 is 1.29 bits per heavy atom. The van der Waals surface area contributed by atoms with Crippen LogP contribution in [-0.2, 0) is 13.1 Å². The number of hydrogen-bond acceptors (Lipinski definition) is 3. The largest absolute Gasteiger partial charge is 0.378 e. The summed E-state index contributed by atoms with van der Waals surface area (Å²) in [4.78, 5) is 4.25. The van der Waals surface area contributed by atoms with E-state index in [0.29, 0.717) is 0 Å². The zero-order valence-corrected chi connectivity index (χ0v) is 10.3. The summed E-state index contributed by atoms with van der Waals surface area (Å²) < 4.78 is 2.04. The maximum atomic E-state index is 4.30. The van der Waals surface area contributed by atoms with Crippen molar-refractivity contribution < 1.29 is 0 Å². The van der Waals surface area contributed by atoms with Crippen LogP contribution in [0.25, 0.3) is 0 Å². The van der Waals surface area contributed by atoms with Gasteiger partial charge in [0, 0.05) is 18.9 Å². The molecule has 4 heteroatoms. The Morgan fingerprint density at radius 2 is 2.18 bits per heavy atom. The maximum absolute atomic E-state index is 4.30. The molecule has 2 heterocycles. The van der Waals surface area contributed by atoms with E-state index in [4.69, 9.17) is 0 Å². The van der Waals surface area contributed by atoms with Crippen LogP contribution in [0.2, 0.25) is 0 Å². The van der Waals surface area contributed by atoms with Gasteiger partial charge in [-0.3, -0.25) is 9.67 Å². The first-order valence-corrected chi connectivity index (χ1v) is 5.97. The number of hydrogen-bond donors (Lipinski definition) is 1. The van der Waals surface area contributed by atoms with Crippen molar-refractivity contribution in [2.75, 3.05) is 5.32 Å². The fourth-order valence-corrected chi connectivity index (χ4v) is 1.78. The van der Waals surface area contributed by atoms with E-state index in [-0.39, 0.29) is 0 Å². The fourth-order valence-electron chi connectivity index (χ4n) is 1.78. The lowest BCUT2D eigenvalue weighted by Crippen LogP contribution is -2.09. The second kappa shape index (κ2) is 5.48. The molecule has 0 radical (unpaired) electrons.